The molecule has 0 unspecified atom stereocenters. The Morgan fingerprint density at radius 1 is 1.29 bits per heavy atom. The average molecular weight is 214 g/mol. The van der Waals surface area contributed by atoms with Gasteiger partial charge in [-0.15, -0.1) is 0 Å². The van der Waals surface area contributed by atoms with Gasteiger partial charge in [0.15, 0.2) is 0 Å². The summed E-state index contributed by atoms with van der Waals surface area (Å²) < 4.78 is 5.52. The lowest BCUT2D eigenvalue weighted by Crippen LogP contribution is -2.23. The first kappa shape index (κ1) is 11.3. The SMILES string of the molecule is CC(C)(C)OCNc1ccccc1Cl. The molecule has 14 heavy (non-hydrogen) atoms. The Balaban J connectivity index is 2.43. The minimum atomic E-state index is -0.131. The molecule has 0 heterocycles. The predicted octanol–water partition coefficient (Wildman–Crippen LogP) is 3.52. The van der Waals surface area contributed by atoms with Gasteiger partial charge in [0.25, 0.3) is 0 Å². The second kappa shape index (κ2) is 4.67. The lowest BCUT2D eigenvalue weighted by atomic mass is 10.2. The van der Waals surface area contributed by atoms with E-state index in [1.807, 2.05) is 45.0 Å². The van der Waals surface area contributed by atoms with Crippen molar-refractivity contribution in [2.45, 2.75) is 26.4 Å². The number of rotatable bonds is 3. The van der Waals surface area contributed by atoms with Gasteiger partial charge >= 0.3 is 0 Å². The van der Waals surface area contributed by atoms with E-state index in [0.29, 0.717) is 11.8 Å². The fourth-order valence-electron chi connectivity index (χ4n) is 0.935. The van der Waals surface area contributed by atoms with Crippen molar-refractivity contribution in [2.75, 3.05) is 12.0 Å². The van der Waals surface area contributed by atoms with Gasteiger partial charge in [0.1, 0.15) is 6.73 Å². The standard InChI is InChI=1S/C11H16ClNO/c1-11(2,3)14-8-13-10-7-5-4-6-9(10)12/h4-7,13H,8H2,1-3H3. The molecule has 3 heteroatoms. The second-order valence-corrected chi connectivity index (χ2v) is 4.46. The van der Waals surface area contributed by atoms with Gasteiger partial charge in [-0.3, -0.25) is 0 Å². The Hall–Kier alpha value is -0.730. The van der Waals surface area contributed by atoms with Gasteiger partial charge in [0.05, 0.1) is 16.3 Å². The topological polar surface area (TPSA) is 21.3 Å². The zero-order chi connectivity index (χ0) is 10.6. The number of anilines is 1. The van der Waals surface area contributed by atoms with E-state index in [4.69, 9.17) is 16.3 Å². The zero-order valence-electron chi connectivity index (χ0n) is 8.80. The molecule has 0 radical (unpaired) electrons. The van der Waals surface area contributed by atoms with Crippen LogP contribution < -0.4 is 5.32 Å². The van der Waals surface area contributed by atoms with E-state index in [1.165, 1.54) is 0 Å². The third kappa shape index (κ3) is 3.99. The highest BCUT2D eigenvalue weighted by Crippen LogP contribution is 2.20. The minimum absolute atomic E-state index is 0.131. The number of halogens is 1. The van der Waals surface area contributed by atoms with Crippen molar-refractivity contribution >= 4 is 17.3 Å². The smallest absolute Gasteiger partial charge is 0.117 e. The molecule has 0 saturated heterocycles. The summed E-state index contributed by atoms with van der Waals surface area (Å²) >= 11 is 5.96. The number of para-hydroxylation sites is 1. The van der Waals surface area contributed by atoms with Crippen LogP contribution in [0.5, 0.6) is 0 Å². The third-order valence-electron chi connectivity index (χ3n) is 1.64. The summed E-state index contributed by atoms with van der Waals surface area (Å²) in [5.41, 5.74) is 0.771. The quantitative estimate of drug-likeness (QED) is 0.776. The van der Waals surface area contributed by atoms with Crippen LogP contribution in [-0.2, 0) is 4.74 Å². The second-order valence-electron chi connectivity index (χ2n) is 4.06. The van der Waals surface area contributed by atoms with Crippen molar-refractivity contribution < 1.29 is 4.74 Å². The van der Waals surface area contributed by atoms with Crippen LogP contribution in [0.15, 0.2) is 24.3 Å². The van der Waals surface area contributed by atoms with Crippen LogP contribution in [0.2, 0.25) is 5.02 Å². The molecule has 0 aromatic heterocycles. The minimum Gasteiger partial charge on any atom is -0.361 e. The highest BCUT2D eigenvalue weighted by atomic mass is 35.5. The zero-order valence-corrected chi connectivity index (χ0v) is 9.56. The maximum atomic E-state index is 5.96. The number of nitrogens with one attached hydrogen (secondary N) is 1. The number of hydrogen-bond donors (Lipinski definition) is 1. The molecule has 0 aliphatic rings. The molecule has 0 atom stereocenters. The molecular weight excluding hydrogens is 198 g/mol. The number of ether oxygens (including phenoxy) is 1. The highest BCUT2D eigenvalue weighted by molar-refractivity contribution is 6.33. The molecule has 78 valence electrons. The molecule has 0 spiro atoms. The van der Waals surface area contributed by atoms with E-state index < -0.39 is 0 Å². The van der Waals surface area contributed by atoms with E-state index in [9.17, 15) is 0 Å². The van der Waals surface area contributed by atoms with Gasteiger partial charge in [0, 0.05) is 0 Å². The normalized spacial score (nSPS) is 11.4. The molecule has 2 nitrogen and oxygen atoms in total. The third-order valence-corrected chi connectivity index (χ3v) is 1.97. The molecule has 1 aromatic rings. The Kier molecular flexibility index (Phi) is 3.78. The fourth-order valence-corrected chi connectivity index (χ4v) is 1.14. The number of hydrogen-bond acceptors (Lipinski definition) is 2. The van der Waals surface area contributed by atoms with E-state index in [0.717, 1.165) is 5.69 Å². The molecule has 0 amide bonds. The maximum absolute atomic E-state index is 5.96. The predicted molar refractivity (Wildman–Crippen MR) is 60.8 cm³/mol. The van der Waals surface area contributed by atoms with Gasteiger partial charge in [-0.2, -0.15) is 0 Å². The lowest BCUT2D eigenvalue weighted by molar-refractivity contribution is 0.00846. The Morgan fingerprint density at radius 2 is 1.93 bits per heavy atom. The fraction of sp³-hybridized carbons (Fsp3) is 0.455. The Labute approximate surface area is 90.2 Å². The summed E-state index contributed by atoms with van der Waals surface area (Å²) in [5.74, 6) is 0. The van der Waals surface area contributed by atoms with E-state index in [1.54, 1.807) is 0 Å². The first-order valence-electron chi connectivity index (χ1n) is 4.61. The van der Waals surface area contributed by atoms with Gasteiger partial charge in [-0.05, 0) is 32.9 Å². The van der Waals surface area contributed by atoms with Crippen molar-refractivity contribution in [3.63, 3.8) is 0 Å². The van der Waals surface area contributed by atoms with E-state index in [-0.39, 0.29) is 5.60 Å². The van der Waals surface area contributed by atoms with Gasteiger partial charge in [0.2, 0.25) is 0 Å². The summed E-state index contributed by atoms with van der Waals surface area (Å²) in [5, 5.41) is 3.83. The molecule has 1 N–H and O–H groups in total. The number of benzene rings is 1. The summed E-state index contributed by atoms with van der Waals surface area (Å²) in [4.78, 5) is 0. The van der Waals surface area contributed by atoms with E-state index >= 15 is 0 Å². The van der Waals surface area contributed by atoms with E-state index in [2.05, 4.69) is 5.32 Å². The Morgan fingerprint density at radius 3 is 2.50 bits per heavy atom. The summed E-state index contributed by atoms with van der Waals surface area (Å²) in [6.07, 6.45) is 0. The van der Waals surface area contributed by atoms with Crippen LogP contribution in [0.25, 0.3) is 0 Å². The highest BCUT2D eigenvalue weighted by Gasteiger charge is 2.09. The first-order chi connectivity index (χ1) is 6.49. The van der Waals surface area contributed by atoms with Crippen molar-refractivity contribution in [1.82, 2.24) is 0 Å². The van der Waals surface area contributed by atoms with Crippen LogP contribution in [0.3, 0.4) is 0 Å². The van der Waals surface area contributed by atoms with Crippen LogP contribution in [0.4, 0.5) is 5.69 Å². The molecule has 0 bridgehead atoms. The van der Waals surface area contributed by atoms with Crippen molar-refractivity contribution in [3.8, 4) is 0 Å². The first-order valence-corrected chi connectivity index (χ1v) is 4.99. The molecule has 0 saturated carbocycles. The van der Waals surface area contributed by atoms with Crippen LogP contribution in [-0.4, -0.2) is 12.3 Å². The van der Waals surface area contributed by atoms with Crippen LogP contribution >= 0.6 is 11.6 Å². The van der Waals surface area contributed by atoms with Crippen LogP contribution in [0.1, 0.15) is 20.8 Å². The Bertz CT molecular complexity index is 294. The lowest BCUT2D eigenvalue weighted by Gasteiger charge is -2.20. The van der Waals surface area contributed by atoms with Crippen molar-refractivity contribution in [3.05, 3.63) is 29.3 Å². The van der Waals surface area contributed by atoms with Crippen molar-refractivity contribution in [1.29, 1.82) is 0 Å². The summed E-state index contributed by atoms with van der Waals surface area (Å²) in [7, 11) is 0. The average Bonchev–Trinajstić information content (AvgIpc) is 2.06. The van der Waals surface area contributed by atoms with Crippen LogP contribution in [0, 0.1) is 0 Å². The molecule has 0 fully saturated rings. The summed E-state index contributed by atoms with van der Waals surface area (Å²) in [6, 6.07) is 7.61. The monoisotopic (exact) mass is 213 g/mol. The molecular formula is C11H16ClNO. The van der Waals surface area contributed by atoms with Gasteiger partial charge in [-0.25, -0.2) is 0 Å². The van der Waals surface area contributed by atoms with Gasteiger partial charge in [-0.1, -0.05) is 23.7 Å². The van der Waals surface area contributed by atoms with Crippen molar-refractivity contribution in [2.24, 2.45) is 0 Å². The maximum Gasteiger partial charge on any atom is 0.117 e. The molecule has 1 rings (SSSR count). The molecule has 1 aromatic carbocycles. The summed E-state index contributed by atoms with van der Waals surface area (Å²) in [6.45, 7) is 6.51. The van der Waals surface area contributed by atoms with Gasteiger partial charge < -0.3 is 10.1 Å². The largest absolute Gasteiger partial charge is 0.361 e. The molecule has 0 aliphatic carbocycles. The molecule has 0 aliphatic heterocycles.